The van der Waals surface area contributed by atoms with Gasteiger partial charge in [-0.15, -0.1) is 0 Å². The maximum Gasteiger partial charge on any atom is 0.257 e. The fourth-order valence-corrected chi connectivity index (χ4v) is 2.90. The number of aromatic nitrogens is 1. The normalized spacial score (nSPS) is 16.5. The number of amides is 1. The molecule has 132 valence electrons. The number of anilines is 2. The summed E-state index contributed by atoms with van der Waals surface area (Å²) in [7, 11) is 1.54. The summed E-state index contributed by atoms with van der Waals surface area (Å²) in [5.74, 6) is 0.302. The Kier molecular flexibility index (Phi) is 5.73. The lowest BCUT2D eigenvalue weighted by atomic mass is 10.2. The first-order chi connectivity index (χ1) is 12.2. The number of hydrogen-bond acceptors (Lipinski definition) is 5. The number of hydrogen-bond donors (Lipinski definition) is 2. The molecule has 0 saturated carbocycles. The minimum absolute atomic E-state index is 0.221. The Bertz CT molecular complexity index is 748. The number of rotatable bonds is 6. The van der Waals surface area contributed by atoms with Crippen molar-refractivity contribution in [2.45, 2.75) is 18.9 Å². The molecule has 0 aliphatic carbocycles. The van der Waals surface area contributed by atoms with E-state index in [9.17, 15) is 4.79 Å². The Morgan fingerprint density at radius 1 is 1.36 bits per heavy atom. The molecule has 0 radical (unpaired) electrons. The van der Waals surface area contributed by atoms with Crippen LogP contribution in [0.2, 0.25) is 5.02 Å². The first kappa shape index (κ1) is 17.5. The van der Waals surface area contributed by atoms with Crippen molar-refractivity contribution in [3.8, 4) is 5.75 Å². The highest BCUT2D eigenvalue weighted by Crippen LogP contribution is 2.27. The monoisotopic (exact) mass is 361 g/mol. The summed E-state index contributed by atoms with van der Waals surface area (Å²) in [6, 6.07) is 6.85. The molecule has 0 spiro atoms. The molecule has 1 aromatic carbocycles. The van der Waals surface area contributed by atoms with Crippen LogP contribution in [0.15, 0.2) is 36.7 Å². The van der Waals surface area contributed by atoms with Crippen LogP contribution < -0.4 is 15.4 Å². The fourth-order valence-electron chi connectivity index (χ4n) is 2.65. The maximum atomic E-state index is 12.4. The minimum Gasteiger partial charge on any atom is -0.495 e. The molecule has 1 fully saturated rings. The number of methoxy groups -OCH3 is 1. The SMILES string of the molecule is COc1ccc(NC(=O)c2cncc(NCC3CCCO3)c2)cc1Cl. The van der Waals surface area contributed by atoms with Crippen molar-refractivity contribution in [1.29, 1.82) is 0 Å². The lowest BCUT2D eigenvalue weighted by Crippen LogP contribution is -2.19. The molecule has 1 unspecified atom stereocenters. The van der Waals surface area contributed by atoms with Gasteiger partial charge in [0.15, 0.2) is 0 Å². The van der Waals surface area contributed by atoms with Crippen molar-refractivity contribution in [2.75, 3.05) is 30.9 Å². The Hall–Kier alpha value is -2.31. The molecular formula is C18H20ClN3O3. The highest BCUT2D eigenvalue weighted by molar-refractivity contribution is 6.32. The van der Waals surface area contributed by atoms with E-state index in [0.29, 0.717) is 28.6 Å². The van der Waals surface area contributed by atoms with Crippen LogP contribution >= 0.6 is 11.6 Å². The topological polar surface area (TPSA) is 72.5 Å². The third-order valence-electron chi connectivity index (χ3n) is 3.97. The van der Waals surface area contributed by atoms with E-state index in [2.05, 4.69) is 15.6 Å². The average molecular weight is 362 g/mol. The van der Waals surface area contributed by atoms with E-state index >= 15 is 0 Å². The molecule has 1 aromatic heterocycles. The quantitative estimate of drug-likeness (QED) is 0.822. The number of carbonyl (C=O) groups is 1. The van der Waals surface area contributed by atoms with Crippen LogP contribution in [0.4, 0.5) is 11.4 Å². The molecule has 1 aliphatic heterocycles. The van der Waals surface area contributed by atoms with Crippen LogP contribution in [0.25, 0.3) is 0 Å². The van der Waals surface area contributed by atoms with E-state index in [1.807, 2.05) is 0 Å². The molecule has 1 amide bonds. The number of carbonyl (C=O) groups excluding carboxylic acids is 1. The van der Waals surface area contributed by atoms with Gasteiger partial charge in [0.25, 0.3) is 5.91 Å². The standard InChI is InChI=1S/C18H20ClN3O3/c1-24-17-5-4-13(8-16(17)19)22-18(23)12-7-14(10-20-9-12)21-11-15-3-2-6-25-15/h4-5,7-10,15,21H,2-3,6,11H2,1H3,(H,22,23). The van der Waals surface area contributed by atoms with Crippen LogP contribution in [-0.4, -0.2) is 37.3 Å². The second-order valence-electron chi connectivity index (χ2n) is 5.78. The van der Waals surface area contributed by atoms with Crippen molar-refractivity contribution in [3.05, 3.63) is 47.2 Å². The second-order valence-corrected chi connectivity index (χ2v) is 6.19. The molecule has 2 aromatic rings. The van der Waals surface area contributed by atoms with E-state index in [4.69, 9.17) is 21.1 Å². The zero-order valence-corrected chi connectivity index (χ0v) is 14.7. The smallest absolute Gasteiger partial charge is 0.257 e. The summed E-state index contributed by atoms with van der Waals surface area (Å²) in [6.45, 7) is 1.53. The highest BCUT2D eigenvalue weighted by Gasteiger charge is 2.15. The van der Waals surface area contributed by atoms with Crippen molar-refractivity contribution >= 4 is 28.9 Å². The molecule has 1 saturated heterocycles. The van der Waals surface area contributed by atoms with Crippen LogP contribution in [-0.2, 0) is 4.74 Å². The largest absolute Gasteiger partial charge is 0.495 e. The van der Waals surface area contributed by atoms with Crippen molar-refractivity contribution in [3.63, 3.8) is 0 Å². The van der Waals surface area contributed by atoms with Crippen molar-refractivity contribution < 1.29 is 14.3 Å². The summed E-state index contributed by atoms with van der Waals surface area (Å²) in [5.41, 5.74) is 1.84. The Morgan fingerprint density at radius 3 is 2.96 bits per heavy atom. The predicted octanol–water partition coefficient (Wildman–Crippen LogP) is 3.59. The van der Waals surface area contributed by atoms with Gasteiger partial charge in [-0.2, -0.15) is 0 Å². The molecule has 6 nitrogen and oxygen atoms in total. The highest BCUT2D eigenvalue weighted by atomic mass is 35.5. The van der Waals surface area contributed by atoms with Gasteiger partial charge in [-0.05, 0) is 37.1 Å². The first-order valence-corrected chi connectivity index (χ1v) is 8.49. The van der Waals surface area contributed by atoms with Gasteiger partial charge in [0.05, 0.1) is 29.5 Å². The molecular weight excluding hydrogens is 342 g/mol. The molecule has 0 bridgehead atoms. The number of benzene rings is 1. The van der Waals surface area contributed by atoms with E-state index in [1.165, 1.54) is 6.20 Å². The molecule has 25 heavy (non-hydrogen) atoms. The molecule has 1 atom stereocenters. The summed E-state index contributed by atoms with van der Waals surface area (Å²) in [5, 5.41) is 6.50. The van der Waals surface area contributed by atoms with Crippen LogP contribution in [0, 0.1) is 0 Å². The van der Waals surface area contributed by atoms with E-state index in [0.717, 1.165) is 25.1 Å². The third kappa shape index (κ3) is 4.61. The lowest BCUT2D eigenvalue weighted by Gasteiger charge is -2.12. The zero-order valence-electron chi connectivity index (χ0n) is 13.9. The maximum absolute atomic E-state index is 12.4. The zero-order chi connectivity index (χ0) is 17.6. The number of nitrogens with zero attached hydrogens (tertiary/aromatic N) is 1. The van der Waals surface area contributed by atoms with E-state index < -0.39 is 0 Å². The molecule has 7 heteroatoms. The Balaban J connectivity index is 1.63. The van der Waals surface area contributed by atoms with Gasteiger partial charge in [0.1, 0.15) is 5.75 Å². The molecule has 3 rings (SSSR count). The molecule has 1 aliphatic rings. The summed E-state index contributed by atoms with van der Waals surface area (Å²) in [6.07, 6.45) is 5.59. The van der Waals surface area contributed by atoms with Gasteiger partial charge in [0, 0.05) is 31.2 Å². The summed E-state index contributed by atoms with van der Waals surface area (Å²) in [4.78, 5) is 16.5. The lowest BCUT2D eigenvalue weighted by molar-refractivity contribution is 0.102. The van der Waals surface area contributed by atoms with Gasteiger partial charge >= 0.3 is 0 Å². The van der Waals surface area contributed by atoms with Crippen molar-refractivity contribution in [1.82, 2.24) is 4.98 Å². The number of pyridine rings is 1. The number of ether oxygens (including phenoxy) is 2. The fraction of sp³-hybridized carbons (Fsp3) is 0.333. The number of halogens is 1. The van der Waals surface area contributed by atoms with Crippen LogP contribution in [0.5, 0.6) is 5.75 Å². The Morgan fingerprint density at radius 2 is 2.24 bits per heavy atom. The van der Waals surface area contributed by atoms with E-state index in [-0.39, 0.29) is 12.0 Å². The van der Waals surface area contributed by atoms with Gasteiger partial charge in [-0.3, -0.25) is 9.78 Å². The summed E-state index contributed by atoms with van der Waals surface area (Å²) >= 11 is 6.08. The third-order valence-corrected chi connectivity index (χ3v) is 4.26. The Labute approximate surface area is 151 Å². The first-order valence-electron chi connectivity index (χ1n) is 8.11. The van der Waals surface area contributed by atoms with E-state index in [1.54, 1.807) is 37.6 Å². The second kappa shape index (κ2) is 8.18. The summed E-state index contributed by atoms with van der Waals surface area (Å²) < 4.78 is 10.7. The minimum atomic E-state index is -0.255. The number of nitrogens with one attached hydrogen (secondary N) is 2. The van der Waals surface area contributed by atoms with Gasteiger partial charge in [0.2, 0.25) is 0 Å². The van der Waals surface area contributed by atoms with Gasteiger partial charge < -0.3 is 20.1 Å². The van der Waals surface area contributed by atoms with Crippen molar-refractivity contribution in [2.24, 2.45) is 0 Å². The van der Waals surface area contributed by atoms with Crippen LogP contribution in [0.3, 0.4) is 0 Å². The van der Waals surface area contributed by atoms with Gasteiger partial charge in [-0.1, -0.05) is 11.6 Å². The molecule has 2 N–H and O–H groups in total. The average Bonchev–Trinajstić information content (AvgIpc) is 3.14. The van der Waals surface area contributed by atoms with Gasteiger partial charge in [-0.25, -0.2) is 0 Å². The predicted molar refractivity (Wildman–Crippen MR) is 97.7 cm³/mol. The molecule has 2 heterocycles. The van der Waals surface area contributed by atoms with Crippen LogP contribution in [0.1, 0.15) is 23.2 Å².